The molecule has 0 aromatic heterocycles. The smallest absolute Gasteiger partial charge is 0.164 e. The van der Waals surface area contributed by atoms with E-state index >= 15 is 0 Å². The summed E-state index contributed by atoms with van der Waals surface area (Å²) in [5.41, 5.74) is 1.01. The Bertz CT molecular complexity index is 180. The molecule has 0 spiro atoms. The highest BCUT2D eigenvalue weighted by Gasteiger charge is 2.36. The van der Waals surface area contributed by atoms with Gasteiger partial charge in [-0.2, -0.15) is 0 Å². The van der Waals surface area contributed by atoms with Crippen LogP contribution in [-0.4, -0.2) is 19.5 Å². The monoisotopic (exact) mass is 127 g/mol. The Morgan fingerprint density at radius 1 is 1.67 bits per heavy atom. The quantitative estimate of drug-likeness (QED) is 0.451. The molecule has 50 valence electrons. The summed E-state index contributed by atoms with van der Waals surface area (Å²) in [6, 6.07) is 0. The van der Waals surface area contributed by atoms with Gasteiger partial charge in [-0.15, -0.1) is 0 Å². The fraction of sp³-hybridized carbons (Fsp3) is 0.714. The predicted octanol–water partition coefficient (Wildman–Crippen LogP) is 0.935. The highest BCUT2D eigenvalue weighted by molar-refractivity contribution is 5.08. The summed E-state index contributed by atoms with van der Waals surface area (Å²) >= 11 is 0. The summed E-state index contributed by atoms with van der Waals surface area (Å²) < 4.78 is 17.9. The van der Waals surface area contributed by atoms with Gasteiger partial charge >= 0.3 is 0 Å². The van der Waals surface area contributed by atoms with Gasteiger partial charge in [0.1, 0.15) is 0 Å². The van der Waals surface area contributed by atoms with Crippen LogP contribution in [0.4, 0.5) is 0 Å². The summed E-state index contributed by atoms with van der Waals surface area (Å²) in [6.45, 7) is 4.94. The molecule has 0 amide bonds. The van der Waals surface area contributed by atoms with Gasteiger partial charge in [-0.1, -0.05) is 6.58 Å². The molecule has 2 fully saturated rings. The van der Waals surface area contributed by atoms with E-state index in [9.17, 15) is 0 Å². The fourth-order valence-electron chi connectivity index (χ4n) is 1.27. The van der Waals surface area contributed by atoms with Crippen molar-refractivity contribution in [1.82, 2.24) is 0 Å². The zero-order valence-corrected chi connectivity index (χ0v) is 5.22. The predicted molar refractivity (Wildman–Crippen MR) is 32.9 cm³/mol. The number of ether oxygens (including phenoxy) is 2. The Morgan fingerprint density at radius 2 is 2.56 bits per heavy atom. The SMILES string of the molecule is [2H]C12OCCC1C(=C)CO2. The molecule has 0 aliphatic carbocycles. The molecule has 2 nitrogen and oxygen atoms in total. The first-order valence-electron chi connectivity index (χ1n) is 3.68. The van der Waals surface area contributed by atoms with Crippen LogP contribution in [-0.2, 0) is 9.47 Å². The van der Waals surface area contributed by atoms with Gasteiger partial charge in [-0.05, 0) is 12.0 Å². The largest absolute Gasteiger partial charge is 0.352 e. The second kappa shape index (κ2) is 1.82. The van der Waals surface area contributed by atoms with Crippen LogP contribution >= 0.6 is 0 Å². The van der Waals surface area contributed by atoms with Gasteiger partial charge in [0.05, 0.1) is 14.6 Å². The van der Waals surface area contributed by atoms with E-state index in [1.165, 1.54) is 0 Å². The van der Waals surface area contributed by atoms with Crippen LogP contribution in [0.5, 0.6) is 0 Å². The van der Waals surface area contributed by atoms with Gasteiger partial charge in [0.2, 0.25) is 0 Å². The van der Waals surface area contributed by atoms with Crippen LogP contribution in [0.2, 0.25) is 0 Å². The van der Waals surface area contributed by atoms with Crippen LogP contribution in [0.25, 0.3) is 0 Å². The molecule has 0 bridgehead atoms. The molecule has 9 heavy (non-hydrogen) atoms. The van der Waals surface area contributed by atoms with Crippen LogP contribution in [0.1, 0.15) is 7.79 Å². The molecule has 2 heterocycles. The topological polar surface area (TPSA) is 18.5 Å². The first-order valence-corrected chi connectivity index (χ1v) is 3.18. The lowest BCUT2D eigenvalue weighted by molar-refractivity contribution is -0.0904. The first kappa shape index (κ1) is 4.47. The molecular formula is C7H10O2. The Morgan fingerprint density at radius 3 is 3.33 bits per heavy atom. The highest BCUT2D eigenvalue weighted by Crippen LogP contribution is 2.33. The minimum Gasteiger partial charge on any atom is -0.352 e. The van der Waals surface area contributed by atoms with Crippen molar-refractivity contribution in [3.63, 3.8) is 0 Å². The van der Waals surface area contributed by atoms with Crippen LogP contribution in [0.3, 0.4) is 0 Å². The van der Waals surface area contributed by atoms with Crippen molar-refractivity contribution in [3.8, 4) is 0 Å². The van der Waals surface area contributed by atoms with E-state index in [1.54, 1.807) is 0 Å². The van der Waals surface area contributed by atoms with Gasteiger partial charge in [-0.3, -0.25) is 0 Å². The lowest BCUT2D eigenvalue weighted by Crippen LogP contribution is -2.09. The van der Waals surface area contributed by atoms with E-state index < -0.39 is 6.27 Å². The average molecular weight is 127 g/mol. The van der Waals surface area contributed by atoms with Crippen LogP contribution in [0.15, 0.2) is 12.2 Å². The molecular weight excluding hydrogens is 116 g/mol. The van der Waals surface area contributed by atoms with Gasteiger partial charge in [0.15, 0.2) is 6.27 Å². The van der Waals surface area contributed by atoms with Crippen molar-refractivity contribution in [2.45, 2.75) is 12.7 Å². The molecule has 2 saturated heterocycles. The summed E-state index contributed by atoms with van der Waals surface area (Å²) in [4.78, 5) is 0. The molecule has 0 aromatic rings. The molecule has 0 radical (unpaired) electrons. The number of fused-ring (bicyclic) bond motifs is 1. The maximum atomic E-state index is 7.62. The number of rotatable bonds is 0. The maximum Gasteiger partial charge on any atom is 0.164 e. The number of hydrogen-bond acceptors (Lipinski definition) is 2. The van der Waals surface area contributed by atoms with Crippen LogP contribution in [0, 0.1) is 5.92 Å². The first-order chi connectivity index (χ1) is 4.72. The third-order valence-electron chi connectivity index (χ3n) is 1.83. The van der Waals surface area contributed by atoms with E-state index in [0.29, 0.717) is 13.2 Å². The number of hydrogen-bond donors (Lipinski definition) is 0. The molecule has 0 saturated carbocycles. The molecule has 2 aliphatic rings. The maximum absolute atomic E-state index is 7.62. The van der Waals surface area contributed by atoms with Gasteiger partial charge < -0.3 is 9.47 Å². The van der Waals surface area contributed by atoms with E-state index in [4.69, 9.17) is 10.8 Å². The average Bonchev–Trinajstić information content (AvgIpc) is 2.35. The molecule has 2 heteroatoms. The van der Waals surface area contributed by atoms with Crippen LogP contribution < -0.4 is 0 Å². The Hall–Kier alpha value is -0.340. The molecule has 0 N–H and O–H groups in total. The van der Waals surface area contributed by atoms with E-state index in [0.717, 1.165) is 12.0 Å². The van der Waals surface area contributed by atoms with Crippen molar-refractivity contribution in [2.75, 3.05) is 13.2 Å². The summed E-state index contributed by atoms with van der Waals surface area (Å²) in [5.74, 6) is 0.118. The molecule has 2 unspecified atom stereocenters. The normalized spacial score (nSPS) is 51.3. The molecule has 2 aliphatic heterocycles. The lowest BCUT2D eigenvalue weighted by Gasteiger charge is -2.04. The highest BCUT2D eigenvalue weighted by atomic mass is 16.7. The van der Waals surface area contributed by atoms with E-state index in [1.807, 2.05) is 0 Å². The van der Waals surface area contributed by atoms with Gasteiger partial charge in [-0.25, -0.2) is 0 Å². The van der Waals surface area contributed by atoms with Crippen molar-refractivity contribution in [2.24, 2.45) is 5.92 Å². The Kier molecular flexibility index (Phi) is 0.905. The summed E-state index contributed by atoms with van der Waals surface area (Å²) in [6.07, 6.45) is -0.181. The second-order valence-electron chi connectivity index (χ2n) is 2.46. The molecule has 2 rings (SSSR count). The summed E-state index contributed by atoms with van der Waals surface area (Å²) in [7, 11) is 0. The van der Waals surface area contributed by atoms with Gasteiger partial charge in [0.25, 0.3) is 0 Å². The van der Waals surface area contributed by atoms with Crippen molar-refractivity contribution in [3.05, 3.63) is 12.2 Å². The molecule has 0 aromatic carbocycles. The minimum absolute atomic E-state index is 0.118. The third kappa shape index (κ3) is 0.705. The second-order valence-corrected chi connectivity index (χ2v) is 2.46. The van der Waals surface area contributed by atoms with Crippen molar-refractivity contribution < 1.29 is 10.8 Å². The van der Waals surface area contributed by atoms with Crippen molar-refractivity contribution in [1.29, 1.82) is 0 Å². The molecule has 2 atom stereocenters. The summed E-state index contributed by atoms with van der Waals surface area (Å²) in [5, 5.41) is 0. The Balaban J connectivity index is 2.27. The Labute approximate surface area is 55.9 Å². The standard InChI is InChI=1S/C7H10O2/c1-5-4-9-7-6(5)2-3-8-7/h6-7H,1-4H2/i7D. The zero-order chi connectivity index (χ0) is 7.19. The zero-order valence-electron chi connectivity index (χ0n) is 6.22. The van der Waals surface area contributed by atoms with Crippen molar-refractivity contribution >= 4 is 0 Å². The van der Waals surface area contributed by atoms with E-state index in [-0.39, 0.29) is 5.92 Å². The lowest BCUT2D eigenvalue weighted by atomic mass is 10.0. The van der Waals surface area contributed by atoms with Gasteiger partial charge in [0, 0.05) is 5.92 Å². The minimum atomic E-state index is -1.07. The fourth-order valence-corrected chi connectivity index (χ4v) is 1.27. The van der Waals surface area contributed by atoms with E-state index in [2.05, 4.69) is 6.58 Å². The third-order valence-corrected chi connectivity index (χ3v) is 1.83.